The van der Waals surface area contributed by atoms with Gasteiger partial charge in [-0.2, -0.15) is 0 Å². The first-order valence-electron chi connectivity index (χ1n) is 11.5. The molecule has 0 aliphatic carbocycles. The Kier molecular flexibility index (Phi) is 7.26. The first-order valence-corrected chi connectivity index (χ1v) is 11.5. The molecule has 0 fully saturated rings. The van der Waals surface area contributed by atoms with E-state index < -0.39 is 0 Å². The summed E-state index contributed by atoms with van der Waals surface area (Å²) in [7, 11) is 4.86. The molecule has 0 saturated carbocycles. The maximum Gasteiger partial charge on any atom is 0.203 e. The number of hydrogen-bond donors (Lipinski definition) is 0. The molecule has 4 rings (SSSR count). The Bertz CT molecular complexity index is 1230. The van der Waals surface area contributed by atoms with E-state index in [-0.39, 0.29) is 0 Å². The van der Waals surface area contributed by atoms with E-state index in [4.69, 9.17) is 23.9 Å². The molecule has 0 aliphatic heterocycles. The lowest BCUT2D eigenvalue weighted by Crippen LogP contribution is -2.05. The van der Waals surface area contributed by atoms with Crippen LogP contribution in [0.4, 0.5) is 0 Å². The third-order valence-corrected chi connectivity index (χ3v) is 6.01. The Hall–Kier alpha value is -3.67. The second-order valence-electron chi connectivity index (χ2n) is 8.27. The number of ether oxygens (including phenoxy) is 4. The molecule has 0 radical (unpaired) electrons. The first-order chi connectivity index (χ1) is 16.6. The van der Waals surface area contributed by atoms with E-state index in [1.807, 2.05) is 30.3 Å². The minimum absolute atomic E-state index is 0.569. The number of rotatable bonds is 10. The average molecular weight is 461 g/mol. The minimum Gasteiger partial charge on any atom is -0.493 e. The molecule has 0 unspecified atom stereocenters. The van der Waals surface area contributed by atoms with Crippen LogP contribution in [0, 0.1) is 13.8 Å². The fourth-order valence-corrected chi connectivity index (χ4v) is 4.31. The topological polar surface area (TPSA) is 54.7 Å². The van der Waals surface area contributed by atoms with Crippen LogP contribution in [0.1, 0.15) is 24.0 Å². The molecule has 1 aromatic heterocycles. The predicted octanol–water partition coefficient (Wildman–Crippen LogP) is 6.21. The predicted molar refractivity (Wildman–Crippen MR) is 135 cm³/mol. The van der Waals surface area contributed by atoms with Crippen LogP contribution in [0.25, 0.3) is 22.4 Å². The second kappa shape index (κ2) is 10.5. The smallest absolute Gasteiger partial charge is 0.203 e. The number of hydrogen-bond acceptors (Lipinski definition) is 5. The van der Waals surface area contributed by atoms with Crippen molar-refractivity contribution in [2.75, 3.05) is 27.9 Å². The van der Waals surface area contributed by atoms with Crippen molar-refractivity contribution in [3.63, 3.8) is 0 Å². The monoisotopic (exact) mass is 460 g/mol. The molecule has 0 amide bonds. The van der Waals surface area contributed by atoms with Gasteiger partial charge in [0.2, 0.25) is 5.75 Å². The third-order valence-electron chi connectivity index (χ3n) is 6.01. The lowest BCUT2D eigenvalue weighted by molar-refractivity contribution is 0.300. The number of nitrogens with zero attached hydrogens (tertiary/aromatic N) is 2. The van der Waals surface area contributed by atoms with Crippen molar-refractivity contribution in [2.45, 2.75) is 33.2 Å². The van der Waals surface area contributed by atoms with E-state index in [2.05, 4.69) is 42.7 Å². The van der Waals surface area contributed by atoms with Gasteiger partial charge >= 0.3 is 0 Å². The first kappa shape index (κ1) is 23.5. The lowest BCUT2D eigenvalue weighted by Gasteiger charge is -2.15. The van der Waals surface area contributed by atoms with E-state index in [9.17, 15) is 0 Å². The van der Waals surface area contributed by atoms with Gasteiger partial charge in [-0.05, 0) is 62.1 Å². The van der Waals surface area contributed by atoms with E-state index >= 15 is 0 Å². The van der Waals surface area contributed by atoms with E-state index in [1.54, 1.807) is 21.3 Å². The Morgan fingerprint density at radius 1 is 0.765 bits per heavy atom. The van der Waals surface area contributed by atoms with Gasteiger partial charge in [-0.1, -0.05) is 30.3 Å². The summed E-state index contributed by atoms with van der Waals surface area (Å²) < 4.78 is 25.0. The number of benzene rings is 3. The van der Waals surface area contributed by atoms with Crippen LogP contribution >= 0.6 is 0 Å². The fourth-order valence-electron chi connectivity index (χ4n) is 4.31. The molecule has 0 aliphatic rings. The molecule has 0 N–H and O–H groups in total. The zero-order valence-electron chi connectivity index (χ0n) is 20.6. The third kappa shape index (κ3) is 4.67. The lowest BCUT2D eigenvalue weighted by atomic mass is 10.1. The molecular weight excluding hydrogens is 428 g/mol. The van der Waals surface area contributed by atoms with Gasteiger partial charge in [-0.25, -0.2) is 4.98 Å². The summed E-state index contributed by atoms with van der Waals surface area (Å²) in [4.78, 5) is 4.94. The summed E-state index contributed by atoms with van der Waals surface area (Å²) in [6, 6.07) is 18.3. The highest BCUT2D eigenvalue weighted by atomic mass is 16.5. The summed E-state index contributed by atoms with van der Waals surface area (Å²) in [6.07, 6.45) is 1.90. The summed E-state index contributed by atoms with van der Waals surface area (Å²) in [5, 5.41) is 0. The van der Waals surface area contributed by atoms with Gasteiger partial charge in [0.05, 0.1) is 39.0 Å². The maximum absolute atomic E-state index is 6.10. The fraction of sp³-hybridized carbons (Fsp3) is 0.321. The SMILES string of the molecule is COc1cc(-c2nc3ccccc3n2CCCCOc2c(C)cccc2C)cc(OC)c1OC. The van der Waals surface area contributed by atoms with Gasteiger partial charge in [0.1, 0.15) is 11.6 Å². The molecule has 4 aromatic rings. The Morgan fingerprint density at radius 2 is 1.44 bits per heavy atom. The normalized spacial score (nSPS) is 11.0. The van der Waals surface area contributed by atoms with Crippen molar-refractivity contribution < 1.29 is 18.9 Å². The van der Waals surface area contributed by atoms with E-state index in [0.717, 1.165) is 47.6 Å². The molecule has 6 nitrogen and oxygen atoms in total. The van der Waals surface area contributed by atoms with Crippen LogP contribution < -0.4 is 18.9 Å². The highest BCUT2D eigenvalue weighted by Crippen LogP contribution is 2.41. The van der Waals surface area contributed by atoms with Crippen molar-refractivity contribution in [2.24, 2.45) is 0 Å². The second-order valence-corrected chi connectivity index (χ2v) is 8.27. The number of unbranched alkanes of at least 4 members (excludes halogenated alkanes) is 1. The number of para-hydroxylation sites is 3. The average Bonchev–Trinajstić information content (AvgIpc) is 3.23. The van der Waals surface area contributed by atoms with Crippen molar-refractivity contribution in [1.82, 2.24) is 9.55 Å². The minimum atomic E-state index is 0.569. The maximum atomic E-state index is 6.10. The molecule has 3 aromatic carbocycles. The zero-order valence-corrected chi connectivity index (χ0v) is 20.6. The van der Waals surface area contributed by atoms with Gasteiger partial charge in [0, 0.05) is 12.1 Å². The van der Waals surface area contributed by atoms with Crippen LogP contribution in [0.3, 0.4) is 0 Å². The van der Waals surface area contributed by atoms with Gasteiger partial charge in [0.15, 0.2) is 11.5 Å². The van der Waals surface area contributed by atoms with Crippen molar-refractivity contribution in [3.8, 4) is 34.4 Å². The van der Waals surface area contributed by atoms with Gasteiger partial charge in [0.25, 0.3) is 0 Å². The highest BCUT2D eigenvalue weighted by molar-refractivity contribution is 5.81. The number of aromatic nitrogens is 2. The van der Waals surface area contributed by atoms with Crippen molar-refractivity contribution >= 4 is 11.0 Å². The Labute approximate surface area is 201 Å². The zero-order chi connectivity index (χ0) is 24.1. The van der Waals surface area contributed by atoms with Crippen LogP contribution in [0.2, 0.25) is 0 Å². The summed E-state index contributed by atoms with van der Waals surface area (Å²) >= 11 is 0. The largest absolute Gasteiger partial charge is 0.493 e. The summed E-state index contributed by atoms with van der Waals surface area (Å²) in [5.41, 5.74) is 5.31. The highest BCUT2D eigenvalue weighted by Gasteiger charge is 2.18. The van der Waals surface area contributed by atoms with Crippen LogP contribution in [-0.4, -0.2) is 37.5 Å². The molecule has 34 heavy (non-hydrogen) atoms. The van der Waals surface area contributed by atoms with Gasteiger partial charge in [-0.15, -0.1) is 0 Å². The molecule has 178 valence electrons. The van der Waals surface area contributed by atoms with Crippen molar-refractivity contribution in [1.29, 1.82) is 0 Å². The molecule has 6 heteroatoms. The number of fused-ring (bicyclic) bond motifs is 1. The summed E-state index contributed by atoms with van der Waals surface area (Å²) in [6.45, 7) is 5.67. The van der Waals surface area contributed by atoms with Gasteiger partial charge < -0.3 is 23.5 Å². The number of methoxy groups -OCH3 is 3. The standard InChI is InChI=1S/C28H32N2O4/c1-19-11-10-12-20(2)26(19)34-16-9-8-15-30-23-14-7-6-13-22(23)29-28(30)21-17-24(31-3)27(33-5)25(18-21)32-4/h6-7,10-14,17-18H,8-9,15-16H2,1-5H3. The number of imidazole rings is 1. The number of aryl methyl sites for hydroxylation is 3. The molecule has 1 heterocycles. The van der Waals surface area contributed by atoms with E-state index in [0.29, 0.717) is 23.9 Å². The molecule has 0 saturated heterocycles. The van der Waals surface area contributed by atoms with Crippen LogP contribution in [-0.2, 0) is 6.54 Å². The summed E-state index contributed by atoms with van der Waals surface area (Å²) in [5.74, 6) is 3.65. The van der Waals surface area contributed by atoms with Crippen LogP contribution in [0.5, 0.6) is 23.0 Å². The van der Waals surface area contributed by atoms with Crippen LogP contribution in [0.15, 0.2) is 54.6 Å². The molecular formula is C28H32N2O4. The van der Waals surface area contributed by atoms with Crippen molar-refractivity contribution in [3.05, 3.63) is 65.7 Å². The molecule has 0 atom stereocenters. The molecule has 0 spiro atoms. The quantitative estimate of drug-likeness (QED) is 0.264. The molecule has 0 bridgehead atoms. The Morgan fingerprint density at radius 3 is 2.09 bits per heavy atom. The van der Waals surface area contributed by atoms with Gasteiger partial charge in [-0.3, -0.25) is 0 Å². The van der Waals surface area contributed by atoms with E-state index in [1.165, 1.54) is 11.1 Å². The Balaban J connectivity index is 1.58.